The lowest BCUT2D eigenvalue weighted by atomic mass is 9.95. The maximum absolute atomic E-state index is 12.6. The van der Waals surface area contributed by atoms with E-state index < -0.39 is 0 Å². The summed E-state index contributed by atoms with van der Waals surface area (Å²) >= 11 is 0. The molecule has 0 spiro atoms. The van der Waals surface area contributed by atoms with Crippen molar-refractivity contribution in [1.82, 2.24) is 0 Å². The highest BCUT2D eigenvalue weighted by molar-refractivity contribution is 6.10. The van der Waals surface area contributed by atoms with Crippen molar-refractivity contribution in [3.05, 3.63) is 64.7 Å². The monoisotopic (exact) mass is 282 g/mol. The van der Waals surface area contributed by atoms with Gasteiger partial charge in [-0.25, -0.2) is 0 Å². The standard InChI is InChI=1S/C19H22O2/c1-5-14(3)15-7-9-16(10-8-15)19(20)17-12-13(2)6-11-18(17)21-4/h6-12,14H,5H2,1-4H3. The molecule has 0 saturated carbocycles. The normalized spacial score (nSPS) is 12.0. The molecule has 2 heteroatoms. The fourth-order valence-electron chi connectivity index (χ4n) is 2.35. The molecule has 1 atom stereocenters. The first-order chi connectivity index (χ1) is 10.1. The van der Waals surface area contributed by atoms with Crippen LogP contribution in [0.1, 0.15) is 53.2 Å². The number of ketones is 1. The summed E-state index contributed by atoms with van der Waals surface area (Å²) in [6.45, 7) is 6.34. The van der Waals surface area contributed by atoms with Crippen molar-refractivity contribution in [2.24, 2.45) is 0 Å². The molecule has 0 amide bonds. The van der Waals surface area contributed by atoms with Crippen molar-refractivity contribution in [3.63, 3.8) is 0 Å². The highest BCUT2D eigenvalue weighted by atomic mass is 16.5. The van der Waals surface area contributed by atoms with Gasteiger partial charge in [-0.1, -0.05) is 49.7 Å². The number of ether oxygens (including phenoxy) is 1. The van der Waals surface area contributed by atoms with E-state index in [0.717, 1.165) is 12.0 Å². The Morgan fingerprint density at radius 3 is 2.38 bits per heavy atom. The predicted molar refractivity (Wildman–Crippen MR) is 86.3 cm³/mol. The summed E-state index contributed by atoms with van der Waals surface area (Å²) in [5, 5.41) is 0. The van der Waals surface area contributed by atoms with E-state index in [2.05, 4.69) is 13.8 Å². The summed E-state index contributed by atoms with van der Waals surface area (Å²) in [7, 11) is 1.59. The second-order valence-electron chi connectivity index (χ2n) is 5.46. The van der Waals surface area contributed by atoms with Gasteiger partial charge in [-0.15, -0.1) is 0 Å². The Morgan fingerprint density at radius 1 is 1.14 bits per heavy atom. The molecule has 110 valence electrons. The Kier molecular flexibility index (Phi) is 4.79. The van der Waals surface area contributed by atoms with Crippen molar-refractivity contribution in [3.8, 4) is 5.75 Å². The van der Waals surface area contributed by atoms with Crippen molar-refractivity contribution in [2.75, 3.05) is 7.11 Å². The van der Waals surface area contributed by atoms with E-state index >= 15 is 0 Å². The lowest BCUT2D eigenvalue weighted by molar-refractivity contribution is 0.103. The third kappa shape index (κ3) is 3.33. The van der Waals surface area contributed by atoms with Crippen LogP contribution in [0.15, 0.2) is 42.5 Å². The van der Waals surface area contributed by atoms with Gasteiger partial charge in [-0.2, -0.15) is 0 Å². The first kappa shape index (κ1) is 15.3. The maximum Gasteiger partial charge on any atom is 0.196 e. The number of methoxy groups -OCH3 is 1. The predicted octanol–water partition coefficient (Wildman–Crippen LogP) is 4.75. The minimum Gasteiger partial charge on any atom is -0.496 e. The molecule has 2 aromatic carbocycles. The molecule has 0 aliphatic rings. The van der Waals surface area contributed by atoms with E-state index in [1.165, 1.54) is 5.56 Å². The SMILES string of the molecule is CCC(C)c1ccc(C(=O)c2cc(C)ccc2OC)cc1. The summed E-state index contributed by atoms with van der Waals surface area (Å²) in [5.74, 6) is 1.14. The van der Waals surface area contributed by atoms with Gasteiger partial charge in [-0.3, -0.25) is 4.79 Å². The van der Waals surface area contributed by atoms with E-state index in [1.807, 2.05) is 49.4 Å². The van der Waals surface area contributed by atoms with Crippen molar-refractivity contribution >= 4 is 5.78 Å². The molecule has 0 radical (unpaired) electrons. The maximum atomic E-state index is 12.6. The molecule has 21 heavy (non-hydrogen) atoms. The van der Waals surface area contributed by atoms with Crippen LogP contribution in [0, 0.1) is 6.92 Å². The molecule has 0 heterocycles. The molecule has 0 aliphatic carbocycles. The summed E-state index contributed by atoms with van der Waals surface area (Å²) in [6, 6.07) is 13.6. The number of rotatable bonds is 5. The topological polar surface area (TPSA) is 26.3 Å². The van der Waals surface area contributed by atoms with E-state index in [1.54, 1.807) is 7.11 Å². The third-order valence-corrected chi connectivity index (χ3v) is 3.95. The van der Waals surface area contributed by atoms with Crippen LogP contribution in [0.5, 0.6) is 5.75 Å². The Labute approximate surface area is 126 Å². The zero-order valence-electron chi connectivity index (χ0n) is 13.1. The van der Waals surface area contributed by atoms with Gasteiger partial charge in [0, 0.05) is 5.56 Å². The summed E-state index contributed by atoms with van der Waals surface area (Å²) in [6.07, 6.45) is 1.10. The van der Waals surface area contributed by atoms with Gasteiger partial charge in [0.05, 0.1) is 12.7 Å². The van der Waals surface area contributed by atoms with Gasteiger partial charge >= 0.3 is 0 Å². The van der Waals surface area contributed by atoms with Crippen LogP contribution in [-0.2, 0) is 0 Å². The largest absolute Gasteiger partial charge is 0.496 e. The Bertz CT molecular complexity index is 627. The molecule has 2 aromatic rings. The third-order valence-electron chi connectivity index (χ3n) is 3.95. The lowest BCUT2D eigenvalue weighted by Gasteiger charge is -2.11. The minimum absolute atomic E-state index is 0.00579. The Morgan fingerprint density at radius 2 is 1.81 bits per heavy atom. The zero-order valence-corrected chi connectivity index (χ0v) is 13.1. The van der Waals surface area contributed by atoms with Crippen molar-refractivity contribution in [2.45, 2.75) is 33.1 Å². The number of carbonyl (C=O) groups excluding carboxylic acids is 1. The minimum atomic E-state index is 0.00579. The fraction of sp³-hybridized carbons (Fsp3) is 0.316. The Balaban J connectivity index is 2.34. The van der Waals surface area contributed by atoms with Crippen molar-refractivity contribution in [1.29, 1.82) is 0 Å². The number of hydrogen-bond acceptors (Lipinski definition) is 2. The average molecular weight is 282 g/mol. The summed E-state index contributed by atoms with van der Waals surface area (Å²) in [5.41, 5.74) is 3.64. The molecule has 2 rings (SSSR count). The quantitative estimate of drug-likeness (QED) is 0.740. The van der Waals surface area contributed by atoms with Gasteiger partial charge in [0.15, 0.2) is 5.78 Å². The van der Waals surface area contributed by atoms with Gasteiger partial charge in [0.2, 0.25) is 0 Å². The van der Waals surface area contributed by atoms with E-state index in [-0.39, 0.29) is 5.78 Å². The highest BCUT2D eigenvalue weighted by Gasteiger charge is 2.15. The van der Waals surface area contributed by atoms with Crippen LogP contribution in [0.3, 0.4) is 0 Å². The summed E-state index contributed by atoms with van der Waals surface area (Å²) < 4.78 is 5.30. The number of aryl methyl sites for hydroxylation is 1. The van der Waals surface area contributed by atoms with Gasteiger partial charge in [-0.05, 0) is 37.0 Å². The van der Waals surface area contributed by atoms with Crippen LogP contribution in [0.2, 0.25) is 0 Å². The second-order valence-corrected chi connectivity index (χ2v) is 5.46. The summed E-state index contributed by atoms with van der Waals surface area (Å²) in [4.78, 5) is 12.6. The van der Waals surface area contributed by atoms with Crippen LogP contribution in [0.25, 0.3) is 0 Å². The molecular formula is C19H22O2. The first-order valence-electron chi connectivity index (χ1n) is 7.36. The van der Waals surface area contributed by atoms with Crippen molar-refractivity contribution < 1.29 is 9.53 Å². The van der Waals surface area contributed by atoms with E-state index in [4.69, 9.17) is 4.74 Å². The zero-order chi connectivity index (χ0) is 15.4. The number of carbonyl (C=O) groups is 1. The van der Waals surface area contributed by atoms with E-state index in [0.29, 0.717) is 22.8 Å². The molecule has 0 N–H and O–H groups in total. The molecule has 1 unspecified atom stereocenters. The average Bonchev–Trinajstić information content (AvgIpc) is 2.53. The molecule has 0 aliphatic heterocycles. The molecule has 0 fully saturated rings. The van der Waals surface area contributed by atoms with Gasteiger partial charge in [0.1, 0.15) is 5.75 Å². The molecular weight excluding hydrogens is 260 g/mol. The number of benzene rings is 2. The lowest BCUT2D eigenvalue weighted by Crippen LogP contribution is -2.05. The molecule has 2 nitrogen and oxygen atoms in total. The van der Waals surface area contributed by atoms with Crippen LogP contribution >= 0.6 is 0 Å². The molecule has 0 bridgehead atoms. The first-order valence-corrected chi connectivity index (χ1v) is 7.36. The second kappa shape index (κ2) is 6.57. The van der Waals surface area contributed by atoms with Crippen LogP contribution in [0.4, 0.5) is 0 Å². The fourth-order valence-corrected chi connectivity index (χ4v) is 2.35. The van der Waals surface area contributed by atoms with E-state index in [9.17, 15) is 4.79 Å². The highest BCUT2D eigenvalue weighted by Crippen LogP contribution is 2.24. The van der Waals surface area contributed by atoms with Crippen LogP contribution < -0.4 is 4.74 Å². The van der Waals surface area contributed by atoms with Gasteiger partial charge in [0.25, 0.3) is 0 Å². The van der Waals surface area contributed by atoms with Crippen LogP contribution in [-0.4, -0.2) is 12.9 Å². The van der Waals surface area contributed by atoms with Gasteiger partial charge < -0.3 is 4.74 Å². The molecule has 0 saturated heterocycles. The Hall–Kier alpha value is -2.09. The smallest absolute Gasteiger partial charge is 0.196 e. The number of hydrogen-bond donors (Lipinski definition) is 0. The molecule has 0 aromatic heterocycles.